The van der Waals surface area contributed by atoms with E-state index in [9.17, 15) is 4.79 Å². The predicted octanol–water partition coefficient (Wildman–Crippen LogP) is 3.63. The number of amides is 1. The Bertz CT molecular complexity index is 926. The summed E-state index contributed by atoms with van der Waals surface area (Å²) in [6, 6.07) is 22.6. The molecule has 1 aliphatic rings. The quantitative estimate of drug-likeness (QED) is 0.465. The molecule has 1 aliphatic heterocycles. The Labute approximate surface area is 200 Å². The number of benzene rings is 2. The molecular weight excluding hydrogens is 430 g/mol. The van der Waals surface area contributed by atoms with Crippen LogP contribution in [-0.4, -0.2) is 65.8 Å². The number of carbonyl (C=O) groups is 1. The number of hydrogen-bond donors (Lipinski definition) is 1. The Kier molecular flexibility index (Phi) is 8.72. The Balaban J connectivity index is 1.16. The van der Waals surface area contributed by atoms with Crippen LogP contribution in [0.1, 0.15) is 22.8 Å². The fraction of sp³-hybridized carbons (Fsp3) is 0.346. The highest BCUT2D eigenvalue weighted by molar-refractivity contribution is 8.00. The first-order valence-corrected chi connectivity index (χ1v) is 12.6. The van der Waals surface area contributed by atoms with Crippen LogP contribution in [0, 0.1) is 0 Å². The summed E-state index contributed by atoms with van der Waals surface area (Å²) < 4.78 is 0. The summed E-state index contributed by atoms with van der Waals surface area (Å²) in [6.45, 7) is 5.58. The minimum atomic E-state index is 0.0999. The van der Waals surface area contributed by atoms with E-state index >= 15 is 0 Å². The van der Waals surface area contributed by atoms with E-state index in [2.05, 4.69) is 73.6 Å². The maximum absolute atomic E-state index is 12.5. The molecule has 7 heteroatoms. The second kappa shape index (κ2) is 12.4. The third kappa shape index (κ3) is 7.04. The Morgan fingerprint density at radius 3 is 2.09 bits per heavy atom. The van der Waals surface area contributed by atoms with E-state index in [0.717, 1.165) is 45.1 Å². The molecule has 1 amide bonds. The number of thioether (sulfide) groups is 1. The van der Waals surface area contributed by atoms with Crippen molar-refractivity contribution in [1.82, 2.24) is 20.2 Å². The maximum Gasteiger partial charge on any atom is 0.230 e. The van der Waals surface area contributed by atoms with Gasteiger partial charge in [-0.15, -0.1) is 11.8 Å². The molecule has 4 rings (SSSR count). The second-order valence-corrected chi connectivity index (χ2v) is 9.19. The van der Waals surface area contributed by atoms with Gasteiger partial charge < -0.3 is 10.2 Å². The molecule has 0 atom stereocenters. The number of rotatable bonds is 10. The van der Waals surface area contributed by atoms with Crippen LogP contribution in [0.15, 0.2) is 79.1 Å². The van der Waals surface area contributed by atoms with Crippen LogP contribution in [0.4, 0.5) is 5.95 Å². The summed E-state index contributed by atoms with van der Waals surface area (Å²) in [5, 5.41) is 3.25. The minimum Gasteiger partial charge on any atom is -0.355 e. The standard InChI is InChI=1S/C26H31N5OS/c32-24(21-33-25(22-9-3-1-4-10-22)23-11-5-2-6-12-23)27-15-8-16-30-17-19-31(20-18-30)26-28-13-7-14-29-26/h1-7,9-14,25H,8,15-21H2,(H,27,32). The van der Waals surface area contributed by atoms with Gasteiger partial charge in [-0.1, -0.05) is 60.7 Å². The first-order chi connectivity index (χ1) is 16.3. The summed E-state index contributed by atoms with van der Waals surface area (Å²) in [5.74, 6) is 1.36. The smallest absolute Gasteiger partial charge is 0.230 e. The summed E-state index contributed by atoms with van der Waals surface area (Å²) in [7, 11) is 0. The second-order valence-electron chi connectivity index (χ2n) is 8.09. The van der Waals surface area contributed by atoms with Crippen molar-refractivity contribution in [3.05, 3.63) is 90.3 Å². The first kappa shape index (κ1) is 23.3. The topological polar surface area (TPSA) is 61.4 Å². The molecule has 3 aromatic rings. The Hall–Kier alpha value is -2.90. The van der Waals surface area contributed by atoms with Crippen molar-refractivity contribution in [3.8, 4) is 0 Å². The van der Waals surface area contributed by atoms with E-state index in [1.54, 1.807) is 24.2 Å². The van der Waals surface area contributed by atoms with Gasteiger partial charge in [-0.2, -0.15) is 0 Å². The number of hydrogen-bond acceptors (Lipinski definition) is 6. The predicted molar refractivity (Wildman–Crippen MR) is 135 cm³/mol. The van der Waals surface area contributed by atoms with E-state index in [0.29, 0.717) is 12.3 Å². The lowest BCUT2D eigenvalue weighted by Gasteiger charge is -2.34. The lowest BCUT2D eigenvalue weighted by molar-refractivity contribution is -0.118. The molecule has 0 radical (unpaired) electrons. The first-order valence-electron chi connectivity index (χ1n) is 11.5. The van der Waals surface area contributed by atoms with Gasteiger partial charge in [0.1, 0.15) is 0 Å². The van der Waals surface area contributed by atoms with Crippen molar-refractivity contribution < 1.29 is 4.79 Å². The Morgan fingerprint density at radius 1 is 0.879 bits per heavy atom. The SMILES string of the molecule is O=C(CSC(c1ccccc1)c1ccccc1)NCCCN1CCN(c2ncccn2)CC1. The zero-order valence-electron chi connectivity index (χ0n) is 18.8. The van der Waals surface area contributed by atoms with Gasteiger partial charge in [-0.05, 0) is 30.2 Å². The molecule has 0 spiro atoms. The molecule has 0 saturated carbocycles. The molecule has 0 aliphatic carbocycles. The van der Waals surface area contributed by atoms with E-state index in [-0.39, 0.29) is 11.2 Å². The van der Waals surface area contributed by atoms with E-state index in [4.69, 9.17) is 0 Å². The average molecular weight is 462 g/mol. The summed E-state index contributed by atoms with van der Waals surface area (Å²) in [4.78, 5) is 25.8. The maximum atomic E-state index is 12.5. The summed E-state index contributed by atoms with van der Waals surface area (Å²) in [5.41, 5.74) is 2.45. The highest BCUT2D eigenvalue weighted by Gasteiger charge is 2.19. The van der Waals surface area contributed by atoms with Crippen LogP contribution in [0.5, 0.6) is 0 Å². The van der Waals surface area contributed by atoms with Crippen LogP contribution in [0.2, 0.25) is 0 Å². The largest absolute Gasteiger partial charge is 0.355 e. The fourth-order valence-electron chi connectivity index (χ4n) is 4.01. The summed E-state index contributed by atoms with van der Waals surface area (Å²) >= 11 is 1.68. The van der Waals surface area contributed by atoms with Crippen LogP contribution in [-0.2, 0) is 4.79 Å². The van der Waals surface area contributed by atoms with Crippen LogP contribution < -0.4 is 10.2 Å². The molecule has 2 heterocycles. The van der Waals surface area contributed by atoms with E-state index in [1.165, 1.54) is 11.1 Å². The molecule has 1 aromatic heterocycles. The number of nitrogens with one attached hydrogen (secondary N) is 1. The summed E-state index contributed by atoms with van der Waals surface area (Å²) in [6.07, 6.45) is 4.54. The van der Waals surface area contributed by atoms with Gasteiger partial charge >= 0.3 is 0 Å². The van der Waals surface area contributed by atoms with Gasteiger partial charge in [0.25, 0.3) is 0 Å². The van der Waals surface area contributed by atoms with Gasteiger partial charge in [0.05, 0.1) is 11.0 Å². The van der Waals surface area contributed by atoms with Gasteiger partial charge in [0, 0.05) is 45.1 Å². The molecule has 172 valence electrons. The third-order valence-corrected chi connectivity index (χ3v) is 7.07. The van der Waals surface area contributed by atoms with Crippen LogP contribution in [0.3, 0.4) is 0 Å². The molecule has 33 heavy (non-hydrogen) atoms. The molecule has 0 bridgehead atoms. The number of piperazine rings is 1. The molecule has 6 nitrogen and oxygen atoms in total. The zero-order valence-corrected chi connectivity index (χ0v) is 19.7. The number of aromatic nitrogens is 2. The highest BCUT2D eigenvalue weighted by atomic mass is 32.2. The van der Waals surface area contributed by atoms with Crippen LogP contribution >= 0.6 is 11.8 Å². The van der Waals surface area contributed by atoms with Crippen molar-refractivity contribution in [3.63, 3.8) is 0 Å². The molecule has 1 saturated heterocycles. The van der Waals surface area contributed by atoms with Crippen molar-refractivity contribution in [1.29, 1.82) is 0 Å². The monoisotopic (exact) mass is 461 g/mol. The molecule has 2 aromatic carbocycles. The third-order valence-electron chi connectivity index (χ3n) is 5.77. The zero-order chi connectivity index (χ0) is 22.7. The lowest BCUT2D eigenvalue weighted by atomic mass is 10.0. The van der Waals surface area contributed by atoms with Crippen LogP contribution in [0.25, 0.3) is 0 Å². The van der Waals surface area contributed by atoms with Crippen molar-refractivity contribution in [2.24, 2.45) is 0 Å². The van der Waals surface area contributed by atoms with Gasteiger partial charge in [0.15, 0.2) is 0 Å². The molecule has 1 N–H and O–H groups in total. The molecular formula is C26H31N5OS. The van der Waals surface area contributed by atoms with Crippen molar-refractivity contribution in [2.45, 2.75) is 11.7 Å². The van der Waals surface area contributed by atoms with Crippen molar-refractivity contribution >= 4 is 23.6 Å². The molecule has 0 unspecified atom stereocenters. The van der Waals surface area contributed by atoms with Gasteiger partial charge in [-0.3, -0.25) is 9.69 Å². The number of carbonyl (C=O) groups excluding carboxylic acids is 1. The van der Waals surface area contributed by atoms with Crippen molar-refractivity contribution in [2.75, 3.05) is 49.9 Å². The lowest BCUT2D eigenvalue weighted by Crippen LogP contribution is -2.47. The molecule has 1 fully saturated rings. The fourth-order valence-corrected chi connectivity index (χ4v) is 5.13. The van der Waals surface area contributed by atoms with E-state index < -0.39 is 0 Å². The average Bonchev–Trinajstić information content (AvgIpc) is 2.89. The number of anilines is 1. The Morgan fingerprint density at radius 2 is 1.48 bits per heavy atom. The van der Waals surface area contributed by atoms with Gasteiger partial charge in [0.2, 0.25) is 11.9 Å². The van der Waals surface area contributed by atoms with E-state index in [1.807, 2.05) is 18.2 Å². The highest BCUT2D eigenvalue weighted by Crippen LogP contribution is 2.35. The minimum absolute atomic E-state index is 0.0999. The number of nitrogens with zero attached hydrogens (tertiary/aromatic N) is 4. The normalized spacial score (nSPS) is 14.4. The van der Waals surface area contributed by atoms with Gasteiger partial charge in [-0.25, -0.2) is 9.97 Å².